The molecule has 1 N–H and O–H groups in total. The fraction of sp³-hybridized carbons (Fsp3) is 0.467. The number of nitrogens with one attached hydrogen (secondary N) is 1. The van der Waals surface area contributed by atoms with Crippen LogP contribution >= 0.6 is 15.9 Å². The zero-order valence-corrected chi connectivity index (χ0v) is 13.2. The van der Waals surface area contributed by atoms with E-state index in [1.165, 1.54) is 0 Å². The Bertz CT molecular complexity index is 448. The van der Waals surface area contributed by atoms with Gasteiger partial charge >= 0.3 is 5.97 Å². The molecular formula is C15H20BrNO3. The van der Waals surface area contributed by atoms with Crippen LogP contribution in [0.5, 0.6) is 0 Å². The van der Waals surface area contributed by atoms with Gasteiger partial charge in [-0.25, -0.2) is 0 Å². The maximum Gasteiger partial charge on any atom is 0.305 e. The number of unbranched alkanes of at least 4 members (excludes halogenated alkanes) is 2. The van der Waals surface area contributed by atoms with Crippen molar-refractivity contribution in [2.45, 2.75) is 32.6 Å². The van der Waals surface area contributed by atoms with E-state index in [0.717, 1.165) is 23.7 Å². The minimum Gasteiger partial charge on any atom is -0.464 e. The molecule has 5 heteroatoms. The van der Waals surface area contributed by atoms with E-state index < -0.39 is 0 Å². The molecular weight excluding hydrogens is 322 g/mol. The van der Waals surface area contributed by atoms with E-state index in [2.05, 4.69) is 28.2 Å². The molecule has 0 fully saturated rings. The van der Waals surface area contributed by atoms with Crippen molar-refractivity contribution in [3.8, 4) is 0 Å². The van der Waals surface area contributed by atoms with Crippen molar-refractivity contribution in [2.75, 3.05) is 13.2 Å². The standard InChI is InChI=1S/C15H20BrNO3/c1-2-3-4-8-14(18)20-10-9-17-15(19)12-6-5-7-13(16)11-12/h5-7,11H,2-4,8-10H2,1H3,(H,17,19). The van der Waals surface area contributed by atoms with Crippen molar-refractivity contribution in [3.05, 3.63) is 34.3 Å². The van der Waals surface area contributed by atoms with Gasteiger partial charge in [-0.2, -0.15) is 0 Å². The molecule has 1 aromatic rings. The summed E-state index contributed by atoms with van der Waals surface area (Å²) in [5, 5.41) is 2.71. The number of amides is 1. The van der Waals surface area contributed by atoms with Gasteiger partial charge in [0.1, 0.15) is 6.61 Å². The van der Waals surface area contributed by atoms with Gasteiger partial charge in [-0.3, -0.25) is 9.59 Å². The number of benzene rings is 1. The number of rotatable bonds is 8. The Labute approximate surface area is 128 Å². The van der Waals surface area contributed by atoms with Crippen LogP contribution in [0.25, 0.3) is 0 Å². The fourth-order valence-electron chi connectivity index (χ4n) is 1.65. The molecule has 1 rings (SSSR count). The van der Waals surface area contributed by atoms with Crippen molar-refractivity contribution in [1.82, 2.24) is 5.32 Å². The van der Waals surface area contributed by atoms with Gasteiger partial charge in [-0.15, -0.1) is 0 Å². The molecule has 0 aliphatic rings. The molecule has 0 aliphatic carbocycles. The molecule has 110 valence electrons. The zero-order valence-electron chi connectivity index (χ0n) is 11.7. The molecule has 0 saturated heterocycles. The minimum absolute atomic E-state index is 0.173. The fourth-order valence-corrected chi connectivity index (χ4v) is 2.05. The van der Waals surface area contributed by atoms with Crippen LogP contribution < -0.4 is 5.32 Å². The highest BCUT2D eigenvalue weighted by molar-refractivity contribution is 9.10. The highest BCUT2D eigenvalue weighted by Crippen LogP contribution is 2.11. The number of halogens is 1. The first-order chi connectivity index (χ1) is 9.63. The van der Waals surface area contributed by atoms with Gasteiger partial charge in [0.2, 0.25) is 0 Å². The van der Waals surface area contributed by atoms with E-state index in [-0.39, 0.29) is 18.5 Å². The highest BCUT2D eigenvalue weighted by atomic mass is 79.9. The summed E-state index contributed by atoms with van der Waals surface area (Å²) in [6.45, 7) is 2.62. The van der Waals surface area contributed by atoms with Crippen LogP contribution in [0.1, 0.15) is 43.0 Å². The number of ether oxygens (including phenoxy) is 1. The van der Waals surface area contributed by atoms with Crippen LogP contribution in [-0.2, 0) is 9.53 Å². The molecule has 1 aromatic carbocycles. The minimum atomic E-state index is -0.199. The molecule has 20 heavy (non-hydrogen) atoms. The summed E-state index contributed by atoms with van der Waals surface area (Å²) in [5.41, 5.74) is 0.577. The summed E-state index contributed by atoms with van der Waals surface area (Å²) in [6.07, 6.45) is 3.43. The van der Waals surface area contributed by atoms with Gasteiger partial charge in [-0.1, -0.05) is 41.8 Å². The number of hydrogen-bond donors (Lipinski definition) is 1. The third-order valence-corrected chi connectivity index (χ3v) is 3.22. The Balaban J connectivity index is 2.18. The van der Waals surface area contributed by atoms with Gasteiger partial charge in [0.05, 0.1) is 6.54 Å². The first kappa shape index (κ1) is 16.7. The van der Waals surface area contributed by atoms with Crippen LogP contribution in [-0.4, -0.2) is 25.0 Å². The molecule has 0 heterocycles. The zero-order chi connectivity index (χ0) is 14.8. The smallest absolute Gasteiger partial charge is 0.305 e. The van der Waals surface area contributed by atoms with E-state index in [4.69, 9.17) is 4.74 Å². The van der Waals surface area contributed by atoms with Gasteiger partial charge in [0, 0.05) is 16.5 Å². The number of esters is 1. The Morgan fingerprint density at radius 2 is 2.10 bits per heavy atom. The normalized spacial score (nSPS) is 10.1. The third-order valence-electron chi connectivity index (χ3n) is 2.72. The topological polar surface area (TPSA) is 55.4 Å². The number of hydrogen-bond acceptors (Lipinski definition) is 3. The van der Waals surface area contributed by atoms with Gasteiger partial charge in [0.25, 0.3) is 5.91 Å². The second-order valence-corrected chi connectivity index (χ2v) is 5.36. The molecule has 4 nitrogen and oxygen atoms in total. The lowest BCUT2D eigenvalue weighted by molar-refractivity contribution is -0.143. The van der Waals surface area contributed by atoms with E-state index in [0.29, 0.717) is 18.5 Å². The number of carbonyl (C=O) groups is 2. The summed E-state index contributed by atoms with van der Waals surface area (Å²) in [5.74, 6) is -0.372. The Morgan fingerprint density at radius 1 is 1.30 bits per heavy atom. The molecule has 0 aliphatic heterocycles. The van der Waals surface area contributed by atoms with Crippen LogP contribution in [0.2, 0.25) is 0 Å². The maximum absolute atomic E-state index is 11.8. The van der Waals surface area contributed by atoms with Gasteiger partial charge in [0.15, 0.2) is 0 Å². The van der Waals surface area contributed by atoms with Gasteiger partial charge in [-0.05, 0) is 24.6 Å². The summed E-state index contributed by atoms with van der Waals surface area (Å²) in [4.78, 5) is 23.1. The average molecular weight is 342 g/mol. The first-order valence-electron chi connectivity index (χ1n) is 6.83. The maximum atomic E-state index is 11.8. The second kappa shape index (κ2) is 9.53. The SMILES string of the molecule is CCCCCC(=O)OCCNC(=O)c1cccc(Br)c1. The summed E-state index contributed by atoms with van der Waals surface area (Å²) < 4.78 is 5.89. The first-order valence-corrected chi connectivity index (χ1v) is 7.62. The third kappa shape index (κ3) is 6.70. The average Bonchev–Trinajstić information content (AvgIpc) is 2.43. The molecule has 0 bridgehead atoms. The van der Waals surface area contributed by atoms with Crippen molar-refractivity contribution >= 4 is 27.8 Å². The Hall–Kier alpha value is -1.36. The van der Waals surface area contributed by atoms with E-state index in [1.807, 2.05) is 6.07 Å². The monoisotopic (exact) mass is 341 g/mol. The molecule has 0 aromatic heterocycles. The lowest BCUT2D eigenvalue weighted by atomic mass is 10.2. The number of carbonyl (C=O) groups excluding carboxylic acids is 2. The predicted octanol–water partition coefficient (Wildman–Crippen LogP) is 3.30. The molecule has 0 atom stereocenters. The van der Waals surface area contributed by atoms with Crippen LogP contribution in [0.4, 0.5) is 0 Å². The van der Waals surface area contributed by atoms with E-state index >= 15 is 0 Å². The van der Waals surface area contributed by atoms with Gasteiger partial charge < -0.3 is 10.1 Å². The lowest BCUT2D eigenvalue weighted by Crippen LogP contribution is -2.28. The highest BCUT2D eigenvalue weighted by Gasteiger charge is 2.06. The summed E-state index contributed by atoms with van der Waals surface area (Å²) >= 11 is 3.31. The van der Waals surface area contributed by atoms with Crippen molar-refractivity contribution in [1.29, 1.82) is 0 Å². The predicted molar refractivity (Wildman–Crippen MR) is 81.6 cm³/mol. The van der Waals surface area contributed by atoms with Crippen molar-refractivity contribution < 1.29 is 14.3 Å². The van der Waals surface area contributed by atoms with Crippen LogP contribution in [0.15, 0.2) is 28.7 Å². The van der Waals surface area contributed by atoms with Crippen molar-refractivity contribution in [2.24, 2.45) is 0 Å². The lowest BCUT2D eigenvalue weighted by Gasteiger charge is -2.07. The Kier molecular flexibility index (Phi) is 7.95. The quantitative estimate of drug-likeness (QED) is 0.583. The molecule has 1 amide bonds. The van der Waals surface area contributed by atoms with Crippen molar-refractivity contribution in [3.63, 3.8) is 0 Å². The second-order valence-electron chi connectivity index (χ2n) is 4.44. The molecule has 0 saturated carbocycles. The summed E-state index contributed by atoms with van der Waals surface area (Å²) in [7, 11) is 0. The van der Waals surface area contributed by atoms with E-state index in [1.54, 1.807) is 18.2 Å². The molecule has 0 unspecified atom stereocenters. The van der Waals surface area contributed by atoms with E-state index in [9.17, 15) is 9.59 Å². The van der Waals surface area contributed by atoms with Crippen LogP contribution in [0, 0.1) is 0 Å². The summed E-state index contributed by atoms with van der Waals surface area (Å²) in [6, 6.07) is 7.13. The van der Waals surface area contributed by atoms with Crippen LogP contribution in [0.3, 0.4) is 0 Å². The largest absolute Gasteiger partial charge is 0.464 e. The molecule has 0 spiro atoms. The molecule has 0 radical (unpaired) electrons. The Morgan fingerprint density at radius 3 is 2.80 bits per heavy atom.